The largest absolute Gasteiger partial charge is 0.372 e. The SMILES string of the molecule is CC1CN(c2cccc(NN)n2)CC(C)O1. The van der Waals surface area contributed by atoms with Gasteiger partial charge in [-0.25, -0.2) is 10.8 Å². The van der Waals surface area contributed by atoms with E-state index in [2.05, 4.69) is 29.2 Å². The van der Waals surface area contributed by atoms with Gasteiger partial charge in [-0.15, -0.1) is 0 Å². The molecular weight excluding hydrogens is 204 g/mol. The standard InChI is InChI=1S/C11H18N4O/c1-8-6-15(7-9(2)16-8)11-5-3-4-10(13-11)14-12/h3-5,8-9H,6-7,12H2,1-2H3,(H,13,14). The zero-order valence-corrected chi connectivity index (χ0v) is 9.68. The molecule has 5 nitrogen and oxygen atoms in total. The molecular formula is C11H18N4O. The maximum Gasteiger partial charge on any atom is 0.142 e. The first-order valence-corrected chi connectivity index (χ1v) is 5.53. The number of nitrogens with zero attached hydrogens (tertiary/aromatic N) is 2. The van der Waals surface area contributed by atoms with Crippen LogP contribution in [0.25, 0.3) is 0 Å². The molecule has 0 saturated carbocycles. The van der Waals surface area contributed by atoms with Crippen LogP contribution in [-0.2, 0) is 4.74 Å². The minimum absolute atomic E-state index is 0.236. The van der Waals surface area contributed by atoms with Crippen molar-refractivity contribution in [2.75, 3.05) is 23.4 Å². The van der Waals surface area contributed by atoms with Crippen molar-refractivity contribution in [3.8, 4) is 0 Å². The Bertz CT molecular complexity index is 348. The summed E-state index contributed by atoms with van der Waals surface area (Å²) in [5.74, 6) is 6.97. The van der Waals surface area contributed by atoms with Crippen molar-refractivity contribution in [2.24, 2.45) is 5.84 Å². The molecule has 0 aliphatic carbocycles. The van der Waals surface area contributed by atoms with E-state index in [1.54, 1.807) is 0 Å². The summed E-state index contributed by atoms with van der Waals surface area (Å²) in [5.41, 5.74) is 2.56. The molecule has 0 radical (unpaired) electrons. The summed E-state index contributed by atoms with van der Waals surface area (Å²) < 4.78 is 5.68. The molecule has 16 heavy (non-hydrogen) atoms. The number of anilines is 2. The number of hydrogen-bond donors (Lipinski definition) is 2. The Labute approximate surface area is 95.6 Å². The molecule has 0 spiro atoms. The number of pyridine rings is 1. The van der Waals surface area contributed by atoms with Gasteiger partial charge >= 0.3 is 0 Å². The monoisotopic (exact) mass is 222 g/mol. The van der Waals surface area contributed by atoms with E-state index in [1.165, 1.54) is 0 Å². The summed E-state index contributed by atoms with van der Waals surface area (Å²) in [6.45, 7) is 5.89. The molecule has 2 heterocycles. The maximum absolute atomic E-state index is 5.68. The average Bonchev–Trinajstić information content (AvgIpc) is 2.28. The summed E-state index contributed by atoms with van der Waals surface area (Å²) in [5, 5.41) is 0. The number of nitrogens with one attached hydrogen (secondary N) is 1. The minimum atomic E-state index is 0.236. The summed E-state index contributed by atoms with van der Waals surface area (Å²) in [4.78, 5) is 6.64. The number of nitrogen functional groups attached to an aromatic ring is 1. The quantitative estimate of drug-likeness (QED) is 0.577. The van der Waals surface area contributed by atoms with Crippen LogP contribution in [-0.4, -0.2) is 30.3 Å². The molecule has 0 amide bonds. The van der Waals surface area contributed by atoms with Crippen molar-refractivity contribution in [3.63, 3.8) is 0 Å². The summed E-state index contributed by atoms with van der Waals surface area (Å²) in [7, 11) is 0. The van der Waals surface area contributed by atoms with Crippen molar-refractivity contribution in [1.82, 2.24) is 4.98 Å². The van der Waals surface area contributed by atoms with Gasteiger partial charge in [-0.2, -0.15) is 0 Å². The van der Waals surface area contributed by atoms with Crippen molar-refractivity contribution in [1.29, 1.82) is 0 Å². The summed E-state index contributed by atoms with van der Waals surface area (Å²) >= 11 is 0. The molecule has 1 aromatic rings. The molecule has 88 valence electrons. The van der Waals surface area contributed by atoms with E-state index in [9.17, 15) is 0 Å². The first kappa shape index (κ1) is 11.2. The third-order valence-corrected chi connectivity index (χ3v) is 2.63. The van der Waals surface area contributed by atoms with Crippen LogP contribution >= 0.6 is 0 Å². The van der Waals surface area contributed by atoms with Crippen LogP contribution < -0.4 is 16.2 Å². The number of morpholine rings is 1. The highest BCUT2D eigenvalue weighted by molar-refractivity contribution is 5.46. The lowest BCUT2D eigenvalue weighted by Gasteiger charge is -2.36. The molecule has 0 bridgehead atoms. The second-order valence-corrected chi connectivity index (χ2v) is 4.19. The smallest absolute Gasteiger partial charge is 0.142 e. The normalized spacial score (nSPS) is 25.6. The first-order chi connectivity index (χ1) is 7.69. The lowest BCUT2D eigenvalue weighted by molar-refractivity contribution is -0.00545. The molecule has 1 saturated heterocycles. The zero-order chi connectivity index (χ0) is 11.5. The number of rotatable bonds is 2. The highest BCUT2D eigenvalue weighted by Gasteiger charge is 2.23. The van der Waals surface area contributed by atoms with E-state index < -0.39 is 0 Å². The van der Waals surface area contributed by atoms with E-state index >= 15 is 0 Å². The molecule has 1 aromatic heterocycles. The maximum atomic E-state index is 5.68. The van der Waals surface area contributed by atoms with Gasteiger partial charge in [-0.3, -0.25) is 0 Å². The first-order valence-electron chi connectivity index (χ1n) is 5.53. The minimum Gasteiger partial charge on any atom is -0.372 e. The van der Waals surface area contributed by atoms with Gasteiger partial charge in [0.15, 0.2) is 0 Å². The van der Waals surface area contributed by atoms with Crippen LogP contribution in [0.3, 0.4) is 0 Å². The fraction of sp³-hybridized carbons (Fsp3) is 0.545. The van der Waals surface area contributed by atoms with Gasteiger partial charge < -0.3 is 15.1 Å². The fourth-order valence-corrected chi connectivity index (χ4v) is 2.04. The Morgan fingerprint density at radius 1 is 1.38 bits per heavy atom. The van der Waals surface area contributed by atoms with E-state index in [0.29, 0.717) is 5.82 Å². The lowest BCUT2D eigenvalue weighted by atomic mass is 10.2. The molecule has 2 unspecified atom stereocenters. The molecule has 1 fully saturated rings. The van der Waals surface area contributed by atoms with Gasteiger partial charge in [0.2, 0.25) is 0 Å². The van der Waals surface area contributed by atoms with Crippen LogP contribution in [0.2, 0.25) is 0 Å². The van der Waals surface area contributed by atoms with Gasteiger partial charge in [-0.1, -0.05) is 6.07 Å². The second kappa shape index (κ2) is 4.67. The van der Waals surface area contributed by atoms with Crippen LogP contribution in [0.4, 0.5) is 11.6 Å². The third kappa shape index (κ3) is 2.43. The second-order valence-electron chi connectivity index (χ2n) is 4.19. The van der Waals surface area contributed by atoms with Crippen molar-refractivity contribution in [3.05, 3.63) is 18.2 Å². The van der Waals surface area contributed by atoms with Crippen molar-refractivity contribution >= 4 is 11.6 Å². The van der Waals surface area contributed by atoms with Crippen molar-refractivity contribution < 1.29 is 4.74 Å². The van der Waals surface area contributed by atoms with Gasteiger partial charge in [0.25, 0.3) is 0 Å². The molecule has 3 N–H and O–H groups in total. The Balaban J connectivity index is 2.16. The van der Waals surface area contributed by atoms with E-state index in [4.69, 9.17) is 10.6 Å². The lowest BCUT2D eigenvalue weighted by Crippen LogP contribution is -2.45. The van der Waals surface area contributed by atoms with Crippen molar-refractivity contribution in [2.45, 2.75) is 26.1 Å². The number of hydrogen-bond acceptors (Lipinski definition) is 5. The average molecular weight is 222 g/mol. The van der Waals surface area contributed by atoms with E-state index in [0.717, 1.165) is 18.9 Å². The Morgan fingerprint density at radius 3 is 2.69 bits per heavy atom. The topological polar surface area (TPSA) is 63.4 Å². The molecule has 1 aliphatic heterocycles. The number of hydrazine groups is 1. The van der Waals surface area contributed by atoms with E-state index in [-0.39, 0.29) is 12.2 Å². The van der Waals surface area contributed by atoms with Crippen LogP contribution in [0, 0.1) is 0 Å². The van der Waals surface area contributed by atoms with Gasteiger partial charge in [-0.05, 0) is 26.0 Å². The molecule has 2 rings (SSSR count). The Morgan fingerprint density at radius 2 is 2.06 bits per heavy atom. The van der Waals surface area contributed by atoms with Crippen LogP contribution in [0.5, 0.6) is 0 Å². The number of ether oxygens (including phenoxy) is 1. The number of aromatic nitrogens is 1. The number of nitrogens with two attached hydrogens (primary N) is 1. The highest BCUT2D eigenvalue weighted by atomic mass is 16.5. The van der Waals surface area contributed by atoms with Crippen LogP contribution in [0.15, 0.2) is 18.2 Å². The Hall–Kier alpha value is -1.33. The predicted molar refractivity (Wildman–Crippen MR) is 64.3 cm³/mol. The Kier molecular flexibility index (Phi) is 3.26. The molecule has 5 heteroatoms. The van der Waals surface area contributed by atoms with E-state index in [1.807, 2.05) is 18.2 Å². The van der Waals surface area contributed by atoms with Gasteiger partial charge in [0, 0.05) is 13.1 Å². The molecule has 1 aliphatic rings. The molecule has 0 aromatic carbocycles. The molecule has 2 atom stereocenters. The van der Waals surface area contributed by atoms with Gasteiger partial charge in [0.05, 0.1) is 12.2 Å². The highest BCUT2D eigenvalue weighted by Crippen LogP contribution is 2.19. The fourth-order valence-electron chi connectivity index (χ4n) is 2.04. The summed E-state index contributed by atoms with van der Waals surface area (Å²) in [6.07, 6.45) is 0.472. The predicted octanol–water partition coefficient (Wildman–Crippen LogP) is 0.981. The van der Waals surface area contributed by atoms with Crippen LogP contribution in [0.1, 0.15) is 13.8 Å². The van der Waals surface area contributed by atoms with Gasteiger partial charge in [0.1, 0.15) is 11.6 Å². The summed E-state index contributed by atoms with van der Waals surface area (Å²) in [6, 6.07) is 5.78. The zero-order valence-electron chi connectivity index (χ0n) is 9.68. The third-order valence-electron chi connectivity index (χ3n) is 2.63.